The fourth-order valence-electron chi connectivity index (χ4n) is 3.06. The van der Waals surface area contributed by atoms with E-state index in [1.807, 2.05) is 62.4 Å². The number of nitrogens with zero attached hydrogens (tertiary/aromatic N) is 1. The number of thiophene rings is 1. The molecular weight excluding hydrogens is 452 g/mol. The second-order valence-electron chi connectivity index (χ2n) is 6.26. The van der Waals surface area contributed by atoms with E-state index in [2.05, 4.69) is 20.9 Å². The first kappa shape index (κ1) is 19.7. The Morgan fingerprint density at radius 3 is 2.52 bits per heavy atom. The van der Waals surface area contributed by atoms with Crippen molar-refractivity contribution in [3.8, 4) is 33.3 Å². The summed E-state index contributed by atoms with van der Waals surface area (Å²) in [5, 5.41) is 0.590. The number of rotatable bonds is 6. The molecule has 0 atom stereocenters. The maximum absolute atomic E-state index is 12.7. The summed E-state index contributed by atoms with van der Waals surface area (Å²) in [6.07, 6.45) is 0. The molecule has 0 unspecified atom stereocenters. The number of H-pyrrole nitrogens is 1. The van der Waals surface area contributed by atoms with E-state index in [1.54, 1.807) is 0 Å². The van der Waals surface area contributed by atoms with Crippen LogP contribution in [0.4, 0.5) is 0 Å². The van der Waals surface area contributed by atoms with Gasteiger partial charge in [-0.3, -0.25) is 4.79 Å². The lowest BCUT2D eigenvalue weighted by atomic mass is 10.1. The van der Waals surface area contributed by atoms with E-state index in [0.717, 1.165) is 20.5 Å². The average molecular weight is 471 g/mol. The number of aromatic amines is 1. The highest BCUT2D eigenvalue weighted by atomic mass is 79.9. The van der Waals surface area contributed by atoms with Gasteiger partial charge in [-0.1, -0.05) is 30.3 Å². The molecule has 0 bridgehead atoms. The van der Waals surface area contributed by atoms with Crippen molar-refractivity contribution in [1.82, 2.24) is 9.97 Å². The quantitative estimate of drug-likeness (QED) is 0.382. The summed E-state index contributed by atoms with van der Waals surface area (Å²) in [7, 11) is 0. The van der Waals surface area contributed by atoms with Gasteiger partial charge in [0.15, 0.2) is 11.5 Å². The molecule has 2 heterocycles. The Balaban J connectivity index is 1.83. The van der Waals surface area contributed by atoms with Crippen molar-refractivity contribution in [2.24, 2.45) is 0 Å². The van der Waals surface area contributed by atoms with E-state index in [1.165, 1.54) is 11.3 Å². The third kappa shape index (κ3) is 3.93. The van der Waals surface area contributed by atoms with Crippen molar-refractivity contribution in [3.05, 3.63) is 63.4 Å². The van der Waals surface area contributed by atoms with Crippen LogP contribution in [0.5, 0.6) is 11.5 Å². The highest BCUT2D eigenvalue weighted by molar-refractivity contribution is 9.10. The first-order valence-corrected chi connectivity index (χ1v) is 10.9. The molecule has 2 aromatic carbocycles. The van der Waals surface area contributed by atoms with Gasteiger partial charge in [0, 0.05) is 10.4 Å². The number of hydrogen-bond donors (Lipinski definition) is 1. The molecule has 0 fully saturated rings. The number of halogens is 1. The Kier molecular flexibility index (Phi) is 5.69. The van der Waals surface area contributed by atoms with Crippen molar-refractivity contribution in [3.63, 3.8) is 0 Å². The molecule has 0 aliphatic carbocycles. The summed E-state index contributed by atoms with van der Waals surface area (Å²) in [5.41, 5.74) is 1.66. The van der Waals surface area contributed by atoms with Gasteiger partial charge in [-0.15, -0.1) is 11.3 Å². The van der Waals surface area contributed by atoms with Crippen LogP contribution >= 0.6 is 27.3 Å². The highest BCUT2D eigenvalue weighted by Crippen LogP contribution is 2.39. The molecule has 5 nitrogen and oxygen atoms in total. The zero-order valence-corrected chi connectivity index (χ0v) is 18.4. The lowest BCUT2D eigenvalue weighted by molar-refractivity contribution is 0.286. The Bertz CT molecular complexity index is 1220. The van der Waals surface area contributed by atoms with Gasteiger partial charge >= 0.3 is 0 Å². The van der Waals surface area contributed by atoms with E-state index in [9.17, 15) is 4.79 Å². The Labute approximate surface area is 180 Å². The van der Waals surface area contributed by atoms with Gasteiger partial charge in [0.25, 0.3) is 5.56 Å². The average Bonchev–Trinajstić information content (AvgIpc) is 3.16. The second kappa shape index (κ2) is 8.39. The molecule has 0 saturated carbocycles. The molecule has 0 aliphatic rings. The zero-order valence-electron chi connectivity index (χ0n) is 16.0. The van der Waals surface area contributed by atoms with Gasteiger partial charge in [0.2, 0.25) is 0 Å². The van der Waals surface area contributed by atoms with Crippen LogP contribution in [0.25, 0.3) is 32.0 Å². The summed E-state index contributed by atoms with van der Waals surface area (Å²) in [4.78, 5) is 22.1. The van der Waals surface area contributed by atoms with Gasteiger partial charge in [-0.25, -0.2) is 4.98 Å². The number of aromatic nitrogens is 2. The Hall–Kier alpha value is -2.64. The molecule has 4 aromatic rings. The first-order valence-electron chi connectivity index (χ1n) is 9.29. The number of hydrogen-bond acceptors (Lipinski definition) is 5. The van der Waals surface area contributed by atoms with Gasteiger partial charge in [-0.05, 0) is 53.5 Å². The summed E-state index contributed by atoms with van der Waals surface area (Å²) in [6, 6.07) is 15.6. The molecule has 1 N–H and O–H groups in total. The molecular formula is C22H19BrN2O3S. The van der Waals surface area contributed by atoms with Gasteiger partial charge in [-0.2, -0.15) is 0 Å². The number of benzene rings is 2. The lowest BCUT2D eigenvalue weighted by Gasteiger charge is -2.14. The predicted molar refractivity (Wildman–Crippen MR) is 121 cm³/mol. The van der Waals surface area contributed by atoms with Crippen LogP contribution < -0.4 is 15.0 Å². The Morgan fingerprint density at radius 2 is 1.79 bits per heavy atom. The predicted octanol–water partition coefficient (Wildman–Crippen LogP) is 5.88. The molecule has 0 aliphatic heterocycles. The molecule has 7 heteroatoms. The van der Waals surface area contributed by atoms with Crippen LogP contribution in [0.3, 0.4) is 0 Å². The van der Waals surface area contributed by atoms with Gasteiger partial charge < -0.3 is 14.5 Å². The lowest BCUT2D eigenvalue weighted by Crippen LogP contribution is -2.08. The van der Waals surface area contributed by atoms with E-state index in [-0.39, 0.29) is 5.56 Å². The number of fused-ring (bicyclic) bond motifs is 1. The van der Waals surface area contributed by atoms with Crippen molar-refractivity contribution < 1.29 is 9.47 Å². The van der Waals surface area contributed by atoms with E-state index < -0.39 is 0 Å². The second-order valence-corrected chi connectivity index (χ2v) is 8.15. The summed E-state index contributed by atoms with van der Waals surface area (Å²) in [6.45, 7) is 4.87. The van der Waals surface area contributed by atoms with Gasteiger partial charge in [0.05, 0.1) is 23.1 Å². The van der Waals surface area contributed by atoms with Crippen LogP contribution in [-0.2, 0) is 0 Å². The maximum atomic E-state index is 12.7. The van der Waals surface area contributed by atoms with Crippen molar-refractivity contribution >= 4 is 37.5 Å². The fourth-order valence-corrected chi connectivity index (χ4v) is 4.66. The highest BCUT2D eigenvalue weighted by Gasteiger charge is 2.16. The third-order valence-electron chi connectivity index (χ3n) is 4.33. The van der Waals surface area contributed by atoms with Crippen molar-refractivity contribution in [2.75, 3.05) is 13.2 Å². The standard InChI is InChI=1S/C22H19BrN2O3S/c1-3-27-17-11-14(10-16(23)19(17)28-4-2)20-24-21(26)15-12-18(29-22(15)25-20)13-8-6-5-7-9-13/h5-12H,3-4H2,1-2H3,(H,24,25,26). The number of ether oxygens (including phenoxy) is 2. The molecule has 0 saturated heterocycles. The van der Waals surface area contributed by atoms with Crippen LogP contribution in [0, 0.1) is 0 Å². The van der Waals surface area contributed by atoms with Crippen molar-refractivity contribution in [2.45, 2.75) is 13.8 Å². The third-order valence-corrected chi connectivity index (χ3v) is 6.00. The van der Waals surface area contributed by atoms with Crippen LogP contribution in [0.15, 0.2) is 57.8 Å². The molecule has 4 rings (SSSR count). The summed E-state index contributed by atoms with van der Waals surface area (Å²) in [5.74, 6) is 1.75. The summed E-state index contributed by atoms with van der Waals surface area (Å²) >= 11 is 5.05. The minimum absolute atomic E-state index is 0.161. The minimum atomic E-state index is -0.161. The topological polar surface area (TPSA) is 64.2 Å². The molecule has 0 spiro atoms. The molecule has 2 aromatic heterocycles. The normalized spacial score (nSPS) is 11.0. The maximum Gasteiger partial charge on any atom is 0.259 e. The van der Waals surface area contributed by atoms with Crippen LogP contribution in [0.2, 0.25) is 0 Å². The SMILES string of the molecule is CCOc1cc(-c2nc3sc(-c4ccccc4)cc3c(=O)[nH]2)cc(Br)c1OCC. The van der Waals surface area contributed by atoms with E-state index in [4.69, 9.17) is 14.5 Å². The molecule has 148 valence electrons. The van der Waals surface area contributed by atoms with Crippen LogP contribution in [0.1, 0.15) is 13.8 Å². The molecule has 0 radical (unpaired) electrons. The minimum Gasteiger partial charge on any atom is -0.490 e. The number of nitrogens with one attached hydrogen (secondary N) is 1. The zero-order chi connectivity index (χ0) is 20.4. The van der Waals surface area contributed by atoms with E-state index in [0.29, 0.717) is 40.8 Å². The molecule has 29 heavy (non-hydrogen) atoms. The monoisotopic (exact) mass is 470 g/mol. The smallest absolute Gasteiger partial charge is 0.259 e. The van der Waals surface area contributed by atoms with Crippen LogP contribution in [-0.4, -0.2) is 23.2 Å². The van der Waals surface area contributed by atoms with Crippen molar-refractivity contribution in [1.29, 1.82) is 0 Å². The first-order chi connectivity index (χ1) is 14.1. The Morgan fingerprint density at radius 1 is 1.03 bits per heavy atom. The molecule has 0 amide bonds. The largest absolute Gasteiger partial charge is 0.490 e. The summed E-state index contributed by atoms with van der Waals surface area (Å²) < 4.78 is 12.2. The fraction of sp³-hybridized carbons (Fsp3) is 0.182. The van der Waals surface area contributed by atoms with E-state index >= 15 is 0 Å². The van der Waals surface area contributed by atoms with Gasteiger partial charge in [0.1, 0.15) is 10.7 Å².